The first kappa shape index (κ1) is 14.1. The van der Waals surface area contributed by atoms with Crippen LogP contribution in [0.2, 0.25) is 0 Å². The maximum atomic E-state index is 3.67. The van der Waals surface area contributed by atoms with Crippen LogP contribution in [0, 0.1) is 11.8 Å². The predicted molar refractivity (Wildman–Crippen MR) is 89.5 cm³/mol. The third-order valence-electron chi connectivity index (χ3n) is 4.51. The Morgan fingerprint density at radius 3 is 2.60 bits per heavy atom. The Morgan fingerprint density at radius 2 is 1.90 bits per heavy atom. The molecule has 1 aromatic heterocycles. The summed E-state index contributed by atoms with van der Waals surface area (Å²) in [5, 5.41) is 7.52. The highest BCUT2D eigenvalue weighted by Gasteiger charge is 2.31. The summed E-state index contributed by atoms with van der Waals surface area (Å²) < 4.78 is 1.44. The van der Waals surface area contributed by atoms with Crippen molar-refractivity contribution >= 4 is 21.4 Å². The van der Waals surface area contributed by atoms with Crippen molar-refractivity contribution in [3.63, 3.8) is 0 Å². The molecule has 2 unspecified atom stereocenters. The molecule has 1 heterocycles. The second kappa shape index (κ2) is 5.50. The van der Waals surface area contributed by atoms with Crippen molar-refractivity contribution in [1.82, 2.24) is 5.32 Å². The average Bonchev–Trinajstić information content (AvgIpc) is 2.76. The fourth-order valence-corrected chi connectivity index (χ4v) is 4.06. The third kappa shape index (κ3) is 3.07. The van der Waals surface area contributed by atoms with Crippen LogP contribution in [-0.2, 0) is 6.42 Å². The first-order chi connectivity index (χ1) is 9.53. The van der Waals surface area contributed by atoms with Gasteiger partial charge in [-0.2, -0.15) is 0 Å². The summed E-state index contributed by atoms with van der Waals surface area (Å²) >= 11 is 1.89. The van der Waals surface area contributed by atoms with Gasteiger partial charge in [-0.1, -0.05) is 18.2 Å². The highest BCUT2D eigenvalue weighted by Crippen LogP contribution is 2.39. The second-order valence-corrected chi connectivity index (χ2v) is 8.10. The second-order valence-electron chi connectivity index (χ2n) is 7.19. The highest BCUT2D eigenvalue weighted by molar-refractivity contribution is 7.17. The van der Waals surface area contributed by atoms with E-state index in [4.69, 9.17) is 0 Å². The monoisotopic (exact) mass is 287 g/mol. The minimum absolute atomic E-state index is 0.245. The lowest BCUT2D eigenvalue weighted by Gasteiger charge is -2.39. The maximum absolute atomic E-state index is 3.67. The Balaban J connectivity index is 1.63. The molecule has 0 amide bonds. The first-order valence-electron chi connectivity index (χ1n) is 7.73. The standard InChI is InChI=1S/C18H25NS/c1-18(2,3)19-11-14-9-8-13(14)10-15-12-20-17-7-5-4-6-16(15)17/h4-7,12-14,19H,8-11H2,1-3H3. The molecule has 0 saturated heterocycles. The fourth-order valence-electron chi connectivity index (χ4n) is 3.09. The molecule has 20 heavy (non-hydrogen) atoms. The van der Waals surface area contributed by atoms with Crippen LogP contribution in [0.3, 0.4) is 0 Å². The average molecular weight is 287 g/mol. The zero-order valence-corrected chi connectivity index (χ0v) is 13.6. The van der Waals surface area contributed by atoms with E-state index in [0.717, 1.165) is 11.8 Å². The van der Waals surface area contributed by atoms with Crippen molar-refractivity contribution in [3.8, 4) is 0 Å². The lowest BCUT2D eigenvalue weighted by molar-refractivity contribution is 0.160. The van der Waals surface area contributed by atoms with Gasteiger partial charge in [0.15, 0.2) is 0 Å². The number of fused-ring (bicyclic) bond motifs is 1. The van der Waals surface area contributed by atoms with Crippen LogP contribution in [0.5, 0.6) is 0 Å². The SMILES string of the molecule is CC(C)(C)NCC1CCC1Cc1csc2ccccc12. The lowest BCUT2D eigenvalue weighted by Crippen LogP contribution is -2.44. The highest BCUT2D eigenvalue weighted by atomic mass is 32.1. The van der Waals surface area contributed by atoms with E-state index in [0.29, 0.717) is 0 Å². The third-order valence-corrected chi connectivity index (χ3v) is 5.53. The number of hydrogen-bond donors (Lipinski definition) is 1. The Labute approximate surface area is 126 Å². The van der Waals surface area contributed by atoms with Crippen molar-refractivity contribution in [3.05, 3.63) is 35.2 Å². The molecule has 1 nitrogen and oxygen atoms in total. The summed E-state index contributed by atoms with van der Waals surface area (Å²) in [6.45, 7) is 7.95. The number of benzene rings is 1. The minimum atomic E-state index is 0.245. The molecule has 2 atom stereocenters. The van der Waals surface area contributed by atoms with E-state index in [-0.39, 0.29) is 5.54 Å². The van der Waals surface area contributed by atoms with Gasteiger partial charge in [0, 0.05) is 10.2 Å². The van der Waals surface area contributed by atoms with E-state index in [1.54, 1.807) is 5.56 Å². The van der Waals surface area contributed by atoms with Crippen molar-refractivity contribution in [2.24, 2.45) is 11.8 Å². The molecule has 2 heteroatoms. The van der Waals surface area contributed by atoms with Gasteiger partial charge in [-0.05, 0) is 80.8 Å². The summed E-state index contributed by atoms with van der Waals surface area (Å²) in [5.41, 5.74) is 1.81. The van der Waals surface area contributed by atoms with E-state index in [1.165, 1.54) is 35.9 Å². The van der Waals surface area contributed by atoms with Crippen molar-refractivity contribution in [2.75, 3.05) is 6.54 Å². The predicted octanol–water partition coefficient (Wildman–Crippen LogP) is 4.86. The molecule has 108 valence electrons. The maximum Gasteiger partial charge on any atom is 0.0345 e. The van der Waals surface area contributed by atoms with Gasteiger partial charge in [0.25, 0.3) is 0 Å². The summed E-state index contributed by atoms with van der Waals surface area (Å²) in [4.78, 5) is 0. The van der Waals surface area contributed by atoms with Gasteiger partial charge in [0.2, 0.25) is 0 Å². The molecule has 1 aromatic carbocycles. The summed E-state index contributed by atoms with van der Waals surface area (Å²) in [7, 11) is 0. The van der Waals surface area contributed by atoms with Crippen molar-refractivity contribution in [2.45, 2.75) is 45.6 Å². The molecule has 1 N–H and O–H groups in total. The van der Waals surface area contributed by atoms with Gasteiger partial charge >= 0.3 is 0 Å². The molecular weight excluding hydrogens is 262 g/mol. The van der Waals surface area contributed by atoms with Crippen LogP contribution in [-0.4, -0.2) is 12.1 Å². The van der Waals surface area contributed by atoms with Gasteiger partial charge < -0.3 is 5.32 Å². The fraction of sp³-hybridized carbons (Fsp3) is 0.556. The number of hydrogen-bond acceptors (Lipinski definition) is 2. The van der Waals surface area contributed by atoms with Crippen LogP contribution >= 0.6 is 11.3 Å². The summed E-state index contributed by atoms with van der Waals surface area (Å²) in [6, 6.07) is 8.82. The molecule has 1 saturated carbocycles. The van der Waals surface area contributed by atoms with E-state index < -0.39 is 0 Å². The minimum Gasteiger partial charge on any atom is -0.312 e. The molecule has 0 bridgehead atoms. The number of nitrogens with one attached hydrogen (secondary N) is 1. The molecule has 1 fully saturated rings. The Bertz CT molecular complexity index is 578. The quantitative estimate of drug-likeness (QED) is 0.847. The van der Waals surface area contributed by atoms with Crippen molar-refractivity contribution in [1.29, 1.82) is 0 Å². The van der Waals surface area contributed by atoms with Crippen LogP contribution < -0.4 is 5.32 Å². The normalized spacial score (nSPS) is 22.9. The molecule has 1 aliphatic rings. The largest absolute Gasteiger partial charge is 0.312 e. The molecular formula is C18H25NS. The number of rotatable bonds is 4. The van der Waals surface area contributed by atoms with E-state index in [1.807, 2.05) is 11.3 Å². The Morgan fingerprint density at radius 1 is 1.15 bits per heavy atom. The molecule has 0 spiro atoms. The summed E-state index contributed by atoms with van der Waals surface area (Å²) in [6.07, 6.45) is 4.07. The van der Waals surface area contributed by atoms with E-state index in [9.17, 15) is 0 Å². The lowest BCUT2D eigenvalue weighted by atomic mass is 9.70. The van der Waals surface area contributed by atoms with Gasteiger partial charge in [0.05, 0.1) is 0 Å². The molecule has 0 aliphatic heterocycles. The van der Waals surface area contributed by atoms with Crippen LogP contribution in [0.25, 0.3) is 10.1 Å². The topological polar surface area (TPSA) is 12.0 Å². The van der Waals surface area contributed by atoms with Gasteiger partial charge in [-0.3, -0.25) is 0 Å². The summed E-state index contributed by atoms with van der Waals surface area (Å²) in [5.74, 6) is 1.75. The molecule has 2 aromatic rings. The Kier molecular flexibility index (Phi) is 3.87. The van der Waals surface area contributed by atoms with Crippen LogP contribution in [0.15, 0.2) is 29.6 Å². The van der Waals surface area contributed by atoms with Gasteiger partial charge in [-0.25, -0.2) is 0 Å². The smallest absolute Gasteiger partial charge is 0.0345 e. The molecule has 1 aliphatic carbocycles. The van der Waals surface area contributed by atoms with E-state index in [2.05, 4.69) is 55.7 Å². The zero-order chi connectivity index (χ0) is 14.2. The first-order valence-corrected chi connectivity index (χ1v) is 8.61. The molecule has 3 rings (SSSR count). The molecule has 0 radical (unpaired) electrons. The van der Waals surface area contributed by atoms with Crippen LogP contribution in [0.4, 0.5) is 0 Å². The van der Waals surface area contributed by atoms with Crippen molar-refractivity contribution < 1.29 is 0 Å². The van der Waals surface area contributed by atoms with Gasteiger partial charge in [-0.15, -0.1) is 11.3 Å². The van der Waals surface area contributed by atoms with E-state index >= 15 is 0 Å². The zero-order valence-electron chi connectivity index (χ0n) is 12.8. The van der Waals surface area contributed by atoms with Gasteiger partial charge in [0.1, 0.15) is 0 Å². The number of thiophene rings is 1. The Hall–Kier alpha value is -0.860. The van der Waals surface area contributed by atoms with Crippen LogP contribution in [0.1, 0.15) is 39.2 Å².